The van der Waals surface area contributed by atoms with Crippen LogP contribution in [-0.2, 0) is 4.79 Å². The SMILES string of the molecule is CCCC(CC(=O)O)c1cc(C)c(OCC)cc1C. The van der Waals surface area contributed by atoms with Crippen molar-refractivity contribution in [2.45, 2.75) is 52.9 Å². The van der Waals surface area contributed by atoms with Gasteiger partial charge >= 0.3 is 5.97 Å². The Kier molecular flexibility index (Phi) is 5.87. The number of carboxylic acids is 1. The van der Waals surface area contributed by atoms with E-state index in [1.165, 1.54) is 0 Å². The first-order valence-corrected chi connectivity index (χ1v) is 6.95. The summed E-state index contributed by atoms with van der Waals surface area (Å²) in [5, 5.41) is 9.05. The van der Waals surface area contributed by atoms with Crippen LogP contribution in [0.4, 0.5) is 0 Å². The highest BCUT2D eigenvalue weighted by Gasteiger charge is 2.18. The lowest BCUT2D eigenvalue weighted by Crippen LogP contribution is -2.08. The van der Waals surface area contributed by atoms with Gasteiger partial charge in [0.15, 0.2) is 0 Å². The van der Waals surface area contributed by atoms with Gasteiger partial charge in [-0.05, 0) is 55.9 Å². The third-order valence-corrected chi connectivity index (χ3v) is 3.36. The lowest BCUT2D eigenvalue weighted by molar-refractivity contribution is -0.137. The fourth-order valence-electron chi connectivity index (χ4n) is 2.49. The third kappa shape index (κ3) is 4.27. The van der Waals surface area contributed by atoms with E-state index in [1.807, 2.05) is 26.8 Å². The van der Waals surface area contributed by atoms with Gasteiger partial charge in [-0.2, -0.15) is 0 Å². The van der Waals surface area contributed by atoms with E-state index in [4.69, 9.17) is 9.84 Å². The Balaban J connectivity index is 3.09. The summed E-state index contributed by atoms with van der Waals surface area (Å²) in [5.74, 6) is 0.260. The molecule has 1 N–H and O–H groups in total. The van der Waals surface area contributed by atoms with Crippen molar-refractivity contribution < 1.29 is 14.6 Å². The second kappa shape index (κ2) is 7.17. The molecule has 0 amide bonds. The molecule has 3 heteroatoms. The quantitative estimate of drug-likeness (QED) is 0.807. The van der Waals surface area contributed by atoms with Crippen molar-refractivity contribution in [3.8, 4) is 5.75 Å². The zero-order valence-corrected chi connectivity index (χ0v) is 12.3. The second-order valence-corrected chi connectivity index (χ2v) is 4.99. The molecule has 19 heavy (non-hydrogen) atoms. The molecule has 0 heterocycles. The van der Waals surface area contributed by atoms with Crippen LogP contribution in [0.1, 0.15) is 55.7 Å². The monoisotopic (exact) mass is 264 g/mol. The number of aryl methyl sites for hydroxylation is 2. The van der Waals surface area contributed by atoms with Gasteiger partial charge in [0.25, 0.3) is 0 Å². The molecule has 3 nitrogen and oxygen atoms in total. The number of carbonyl (C=O) groups is 1. The molecule has 1 atom stereocenters. The molecule has 0 aliphatic carbocycles. The first kappa shape index (κ1) is 15.5. The van der Waals surface area contributed by atoms with Crippen LogP contribution in [-0.4, -0.2) is 17.7 Å². The van der Waals surface area contributed by atoms with Gasteiger partial charge in [0.1, 0.15) is 5.75 Å². The minimum Gasteiger partial charge on any atom is -0.494 e. The molecule has 0 aliphatic rings. The van der Waals surface area contributed by atoms with Crippen LogP contribution in [0.2, 0.25) is 0 Å². The van der Waals surface area contributed by atoms with Gasteiger partial charge in [-0.25, -0.2) is 0 Å². The van der Waals surface area contributed by atoms with Crippen LogP contribution in [0.5, 0.6) is 5.75 Å². The number of hydrogen-bond acceptors (Lipinski definition) is 2. The second-order valence-electron chi connectivity index (χ2n) is 4.99. The standard InChI is InChI=1S/C16H24O3/c1-5-7-13(10-16(17)18)14-8-12(4)15(19-6-2)9-11(14)3/h8-9,13H,5-7,10H2,1-4H3,(H,17,18). The Labute approximate surface area is 115 Å². The van der Waals surface area contributed by atoms with E-state index in [2.05, 4.69) is 13.0 Å². The number of hydrogen-bond donors (Lipinski definition) is 1. The molecule has 0 aliphatic heterocycles. The Morgan fingerprint density at radius 2 is 1.95 bits per heavy atom. The summed E-state index contributed by atoms with van der Waals surface area (Å²) < 4.78 is 5.58. The molecule has 0 aromatic heterocycles. The fourth-order valence-corrected chi connectivity index (χ4v) is 2.49. The van der Waals surface area contributed by atoms with Gasteiger partial charge < -0.3 is 9.84 Å². The van der Waals surface area contributed by atoms with Crippen LogP contribution in [0.15, 0.2) is 12.1 Å². The molecular weight excluding hydrogens is 240 g/mol. The van der Waals surface area contributed by atoms with Gasteiger partial charge in [0, 0.05) is 0 Å². The van der Waals surface area contributed by atoms with E-state index in [0.717, 1.165) is 35.3 Å². The van der Waals surface area contributed by atoms with E-state index in [0.29, 0.717) is 6.61 Å². The summed E-state index contributed by atoms with van der Waals surface area (Å²) in [6.07, 6.45) is 2.09. The van der Waals surface area contributed by atoms with E-state index >= 15 is 0 Å². The number of benzene rings is 1. The molecule has 1 unspecified atom stereocenters. The topological polar surface area (TPSA) is 46.5 Å². The molecule has 1 aromatic carbocycles. The third-order valence-electron chi connectivity index (χ3n) is 3.36. The minimum absolute atomic E-state index is 0.0943. The number of ether oxygens (including phenoxy) is 1. The van der Waals surface area contributed by atoms with Crippen molar-refractivity contribution in [1.82, 2.24) is 0 Å². The zero-order valence-electron chi connectivity index (χ0n) is 12.3. The highest BCUT2D eigenvalue weighted by Crippen LogP contribution is 2.32. The maximum atomic E-state index is 11.0. The van der Waals surface area contributed by atoms with Crippen LogP contribution < -0.4 is 4.74 Å². The van der Waals surface area contributed by atoms with Crippen molar-refractivity contribution in [3.05, 3.63) is 28.8 Å². The minimum atomic E-state index is -0.732. The number of carboxylic acid groups (broad SMARTS) is 1. The average Bonchev–Trinajstić information content (AvgIpc) is 2.32. The first-order chi connectivity index (χ1) is 8.99. The van der Waals surface area contributed by atoms with Gasteiger partial charge in [-0.3, -0.25) is 4.79 Å². The molecule has 0 saturated heterocycles. The van der Waals surface area contributed by atoms with Crippen LogP contribution >= 0.6 is 0 Å². The maximum Gasteiger partial charge on any atom is 0.303 e. The van der Waals surface area contributed by atoms with Crippen LogP contribution in [0.3, 0.4) is 0 Å². The van der Waals surface area contributed by atoms with Crippen molar-refractivity contribution in [1.29, 1.82) is 0 Å². The van der Waals surface area contributed by atoms with Crippen LogP contribution in [0.25, 0.3) is 0 Å². The molecule has 0 radical (unpaired) electrons. The smallest absolute Gasteiger partial charge is 0.303 e. The van der Waals surface area contributed by atoms with Crippen molar-refractivity contribution in [2.75, 3.05) is 6.61 Å². The molecule has 0 saturated carbocycles. The largest absolute Gasteiger partial charge is 0.494 e. The molecule has 0 bridgehead atoms. The molecule has 0 fully saturated rings. The molecular formula is C16H24O3. The highest BCUT2D eigenvalue weighted by molar-refractivity contribution is 5.68. The lowest BCUT2D eigenvalue weighted by atomic mass is 9.87. The average molecular weight is 264 g/mol. The van der Waals surface area contributed by atoms with Crippen LogP contribution in [0, 0.1) is 13.8 Å². The Morgan fingerprint density at radius 1 is 1.26 bits per heavy atom. The van der Waals surface area contributed by atoms with Crippen molar-refractivity contribution in [3.63, 3.8) is 0 Å². The van der Waals surface area contributed by atoms with Gasteiger partial charge in [-0.15, -0.1) is 0 Å². The Bertz CT molecular complexity index is 438. The summed E-state index contributed by atoms with van der Waals surface area (Å²) in [4.78, 5) is 11.0. The predicted molar refractivity (Wildman–Crippen MR) is 77.0 cm³/mol. The Morgan fingerprint density at radius 3 is 2.47 bits per heavy atom. The number of aliphatic carboxylic acids is 1. The van der Waals surface area contributed by atoms with Crippen molar-refractivity contribution in [2.24, 2.45) is 0 Å². The summed E-state index contributed by atoms with van der Waals surface area (Å²) in [6, 6.07) is 4.11. The highest BCUT2D eigenvalue weighted by atomic mass is 16.5. The van der Waals surface area contributed by atoms with Crippen molar-refractivity contribution >= 4 is 5.97 Å². The summed E-state index contributed by atoms with van der Waals surface area (Å²) >= 11 is 0. The Hall–Kier alpha value is -1.51. The van der Waals surface area contributed by atoms with E-state index in [9.17, 15) is 4.79 Å². The zero-order chi connectivity index (χ0) is 14.4. The van der Waals surface area contributed by atoms with E-state index < -0.39 is 5.97 Å². The summed E-state index contributed by atoms with van der Waals surface area (Å²) in [7, 11) is 0. The van der Waals surface area contributed by atoms with Gasteiger partial charge in [0.05, 0.1) is 13.0 Å². The van der Waals surface area contributed by atoms with Gasteiger partial charge in [-0.1, -0.05) is 19.4 Å². The van der Waals surface area contributed by atoms with E-state index in [-0.39, 0.29) is 12.3 Å². The number of rotatable bonds is 7. The predicted octanol–water partition coefficient (Wildman–Crippen LogP) is 4.06. The molecule has 0 spiro atoms. The lowest BCUT2D eigenvalue weighted by Gasteiger charge is -2.19. The molecule has 1 aromatic rings. The summed E-state index contributed by atoms with van der Waals surface area (Å²) in [5.41, 5.74) is 3.34. The maximum absolute atomic E-state index is 11.0. The molecule has 106 valence electrons. The normalized spacial score (nSPS) is 12.2. The fraction of sp³-hybridized carbons (Fsp3) is 0.562. The molecule has 1 rings (SSSR count). The van der Waals surface area contributed by atoms with Gasteiger partial charge in [0.2, 0.25) is 0 Å². The first-order valence-electron chi connectivity index (χ1n) is 6.95. The van der Waals surface area contributed by atoms with E-state index in [1.54, 1.807) is 0 Å². The summed E-state index contributed by atoms with van der Waals surface area (Å²) in [6.45, 7) is 8.74.